The summed E-state index contributed by atoms with van der Waals surface area (Å²) in [5.74, 6) is 4.16. The zero-order valence-corrected chi connectivity index (χ0v) is 37.1. The zero-order chi connectivity index (χ0) is 41.5. The second-order valence-electron chi connectivity index (χ2n) is 22.9. The van der Waals surface area contributed by atoms with E-state index in [-0.39, 0.29) is 115 Å². The van der Waals surface area contributed by atoms with E-state index < -0.39 is 11.0 Å². The van der Waals surface area contributed by atoms with Crippen LogP contribution in [0.2, 0.25) is 0 Å². The zero-order valence-electron chi connectivity index (χ0n) is 37.1. The van der Waals surface area contributed by atoms with Gasteiger partial charge in [-0.3, -0.25) is 19.2 Å². The third kappa shape index (κ3) is 11.2. The highest BCUT2D eigenvalue weighted by Crippen LogP contribution is 2.65. The smallest absolute Gasteiger partial charge is 0.312 e. The molecule has 9 nitrogen and oxygen atoms in total. The third-order valence-corrected chi connectivity index (χ3v) is 17.5. The van der Waals surface area contributed by atoms with Gasteiger partial charge >= 0.3 is 23.9 Å². The highest BCUT2D eigenvalue weighted by molar-refractivity contribution is 5.78. The van der Waals surface area contributed by atoms with Crippen LogP contribution >= 0.6 is 0 Å². The highest BCUT2D eigenvalue weighted by Gasteiger charge is 2.64. The van der Waals surface area contributed by atoms with Gasteiger partial charge in [-0.1, -0.05) is 72.3 Å². The molecule has 0 spiro atoms. The van der Waals surface area contributed by atoms with E-state index in [0.717, 1.165) is 75.5 Å². The van der Waals surface area contributed by atoms with Crippen LogP contribution in [0, 0.1) is 69.5 Å². The van der Waals surface area contributed by atoms with Gasteiger partial charge in [0.2, 0.25) is 0 Å². The van der Waals surface area contributed by atoms with Gasteiger partial charge in [-0.25, -0.2) is 0 Å². The fourth-order valence-corrected chi connectivity index (χ4v) is 13.7. The average molecular weight is 893 g/mol. The van der Waals surface area contributed by atoms with Crippen LogP contribution in [0.5, 0.6) is 0 Å². The van der Waals surface area contributed by atoms with Crippen molar-refractivity contribution in [3.63, 3.8) is 0 Å². The number of hydrogen-bond donors (Lipinski definition) is 1. The molecule has 9 heteroatoms. The van der Waals surface area contributed by atoms with Crippen molar-refractivity contribution in [2.24, 2.45) is 69.5 Å². The van der Waals surface area contributed by atoms with Gasteiger partial charge in [-0.15, -0.1) is 0 Å². The molecule has 1 aliphatic heterocycles. The maximum atomic E-state index is 12.6. The fourth-order valence-electron chi connectivity index (χ4n) is 13.7. The number of hydrogen-bond acceptors (Lipinski definition) is 9. The van der Waals surface area contributed by atoms with E-state index >= 15 is 0 Å². The van der Waals surface area contributed by atoms with Crippen LogP contribution in [0.3, 0.4) is 0 Å². The number of rotatable bonds is 10. The van der Waals surface area contributed by atoms with Gasteiger partial charge in [0.25, 0.3) is 0 Å². The van der Waals surface area contributed by atoms with Gasteiger partial charge in [0.15, 0.2) is 0 Å². The van der Waals surface area contributed by atoms with Crippen LogP contribution in [0.1, 0.15) is 223 Å². The molecule has 8 unspecified atom stereocenters. The number of ether oxygens (including phenoxy) is 4. The highest BCUT2D eigenvalue weighted by atomic mass is 16.6. The molecule has 10 saturated carbocycles. The Morgan fingerprint density at radius 3 is 1.63 bits per heavy atom. The molecule has 0 aromatic carbocycles. The van der Waals surface area contributed by atoms with Crippen molar-refractivity contribution in [2.75, 3.05) is 0 Å². The maximum absolute atomic E-state index is 12.6. The lowest BCUT2D eigenvalue weighted by atomic mass is 9.46. The van der Waals surface area contributed by atoms with Gasteiger partial charge in [0.1, 0.15) is 23.4 Å². The van der Waals surface area contributed by atoms with Crippen LogP contribution in [-0.4, -0.2) is 58.0 Å². The lowest BCUT2D eigenvalue weighted by Gasteiger charge is -2.61. The Bertz CT molecular complexity index is 1510. The monoisotopic (exact) mass is 893 g/mol. The third-order valence-electron chi connectivity index (χ3n) is 17.5. The molecular weight excluding hydrogens is 793 g/mol. The first-order chi connectivity index (χ1) is 26.5. The van der Waals surface area contributed by atoms with Gasteiger partial charge in [0.05, 0.1) is 28.3 Å². The molecule has 10 bridgehead atoms. The van der Waals surface area contributed by atoms with Gasteiger partial charge in [-0.05, 0) is 174 Å². The summed E-state index contributed by atoms with van der Waals surface area (Å²) in [7, 11) is 0. The molecule has 11 aliphatic rings. The molecule has 11 fully saturated rings. The molecule has 1 saturated heterocycles. The summed E-state index contributed by atoms with van der Waals surface area (Å²) in [4.78, 5) is 48.3. The molecule has 1 N–H and O–H groups in total. The van der Waals surface area contributed by atoms with Crippen LogP contribution < -0.4 is 0 Å². The Balaban J connectivity index is 0.000000453. The second-order valence-corrected chi connectivity index (χ2v) is 22.9. The van der Waals surface area contributed by atoms with Crippen molar-refractivity contribution in [2.45, 2.75) is 252 Å². The summed E-state index contributed by atoms with van der Waals surface area (Å²) in [6, 6.07) is 0. The molecule has 11 rings (SSSR count). The lowest BCUT2D eigenvalue weighted by molar-refractivity contribution is -0.225. The van der Waals surface area contributed by atoms with Crippen molar-refractivity contribution in [1.29, 1.82) is 0 Å². The maximum Gasteiger partial charge on any atom is 0.312 e. The van der Waals surface area contributed by atoms with Crippen molar-refractivity contribution < 1.29 is 43.2 Å². The van der Waals surface area contributed by atoms with E-state index in [1.165, 1.54) is 44.9 Å². The predicted octanol–water partition coefficient (Wildman–Crippen LogP) is 13.4. The van der Waals surface area contributed by atoms with Crippen molar-refractivity contribution in [3.8, 4) is 0 Å². The van der Waals surface area contributed by atoms with Crippen LogP contribution in [0.4, 0.5) is 0 Å². The summed E-state index contributed by atoms with van der Waals surface area (Å²) in [5, 5.41) is 10.6. The summed E-state index contributed by atoms with van der Waals surface area (Å²) < 4.78 is 23.0. The molecule has 1 heterocycles. The Morgan fingerprint density at radius 1 is 0.698 bits per heavy atom. The predicted molar refractivity (Wildman–Crippen MR) is 257 cm³/mol. The number of aliphatic hydroxyl groups is 1. The Kier molecular flexibility index (Phi) is 19.4. The number of carbonyl (C=O) groups is 4. The molecule has 370 valence electrons. The average Bonchev–Trinajstić information content (AvgIpc) is 3.75. The quantitative estimate of drug-likeness (QED) is 0.168. The van der Waals surface area contributed by atoms with Crippen molar-refractivity contribution >= 4 is 23.9 Å². The molecule has 0 radical (unpaired) electrons. The molecule has 8 atom stereocenters. The van der Waals surface area contributed by atoms with Gasteiger partial charge < -0.3 is 24.1 Å². The first-order valence-electron chi connectivity index (χ1n) is 23.1. The Labute approximate surface area is 387 Å². The molecule has 63 heavy (non-hydrogen) atoms. The van der Waals surface area contributed by atoms with Crippen LogP contribution in [0.25, 0.3) is 0 Å². The van der Waals surface area contributed by atoms with Crippen LogP contribution in [-0.2, 0) is 38.1 Å². The fraction of sp³-hybridized carbons (Fsp3) is 0.926. The molecule has 10 aliphatic carbocycles. The van der Waals surface area contributed by atoms with Crippen LogP contribution in [0.15, 0.2) is 0 Å². The topological polar surface area (TPSA) is 125 Å². The van der Waals surface area contributed by atoms with E-state index in [1.54, 1.807) is 0 Å². The van der Waals surface area contributed by atoms with E-state index in [2.05, 4.69) is 20.8 Å². The lowest BCUT2D eigenvalue weighted by Crippen LogP contribution is -2.61. The summed E-state index contributed by atoms with van der Waals surface area (Å²) >= 11 is 0. The summed E-state index contributed by atoms with van der Waals surface area (Å²) in [6.45, 7) is 20.2. The Hall–Kier alpha value is -2.16. The molecule has 0 amide bonds. The number of carbonyl (C=O) groups excluding carboxylic acids is 4. The summed E-state index contributed by atoms with van der Waals surface area (Å²) in [6.07, 6.45) is 17.7. The Morgan fingerprint density at radius 2 is 1.17 bits per heavy atom. The van der Waals surface area contributed by atoms with E-state index in [9.17, 15) is 24.3 Å². The van der Waals surface area contributed by atoms with Gasteiger partial charge in [-0.2, -0.15) is 0 Å². The largest absolute Gasteiger partial charge is 0.459 e. The standard InChI is InChI=1S/C19H32O2.C16H26O3.C13H18O4.6CH4/c1-6-17(2,3)16(20)21-18(4,5)19-10-13-7-14(11-19)9-15(8-13)12-19;1-4-14(2,3)13(17)19-16-8-11-5-12(9-16)7-15(18,6-11)10-16;1-3-6(2)12(14)16-10-7-4-8-9(5-7)13(15)17-11(8)10;;;;;;/h13-15H,6-12H2,1-5H3;11-12,18H,4-10H2,1-3H3;6-11H,3-5H2,1-2H3;6*1H4. The van der Waals surface area contributed by atoms with Gasteiger partial charge in [0, 0.05) is 23.7 Å². The summed E-state index contributed by atoms with van der Waals surface area (Å²) in [5.41, 5.74) is -1.75. The van der Waals surface area contributed by atoms with Crippen molar-refractivity contribution in [1.82, 2.24) is 0 Å². The first-order valence-corrected chi connectivity index (χ1v) is 23.1. The molecule has 0 aromatic rings. The minimum Gasteiger partial charge on any atom is -0.459 e. The van der Waals surface area contributed by atoms with Crippen molar-refractivity contribution in [3.05, 3.63) is 0 Å². The molecule has 0 aromatic heterocycles. The minimum atomic E-state index is -0.555. The normalized spacial score (nSPS) is 38.0. The van der Waals surface area contributed by atoms with E-state index in [4.69, 9.17) is 18.9 Å². The number of fused-ring (bicyclic) bond motifs is 1. The second kappa shape index (κ2) is 20.8. The SMILES string of the molecule is C.C.C.C.C.C.CCC(C)(C)C(=O)OC(C)(C)C12CC3CC(CC(C3)C1)C2.CCC(C)(C)C(=O)OC12CC3CC(CC(O)(C3)C1)C2.CCC(C)C(=O)OC1C2CC3C(=O)OC1C3C2. The van der Waals surface area contributed by atoms with E-state index in [0.29, 0.717) is 30.1 Å². The molecular formula is C54H100O9. The number of esters is 4. The minimum absolute atomic E-state index is 0. The van der Waals surface area contributed by atoms with E-state index in [1.807, 2.05) is 48.5 Å². The first kappa shape index (κ1) is 58.9.